The lowest BCUT2D eigenvalue weighted by molar-refractivity contribution is -0.384. The van der Waals surface area contributed by atoms with E-state index < -0.39 is 4.92 Å². The quantitative estimate of drug-likeness (QED) is 0.277. The number of hydrogen-bond acceptors (Lipinski definition) is 4. The first-order valence-electron chi connectivity index (χ1n) is 8.28. The third-order valence-electron chi connectivity index (χ3n) is 3.90. The summed E-state index contributed by atoms with van der Waals surface area (Å²) >= 11 is 3.47. The summed E-state index contributed by atoms with van der Waals surface area (Å²) in [6.45, 7) is 2.34. The summed E-state index contributed by atoms with van der Waals surface area (Å²) in [4.78, 5) is 14.8. The van der Waals surface area contributed by atoms with Gasteiger partial charge in [0.25, 0.3) is 5.69 Å². The summed E-state index contributed by atoms with van der Waals surface area (Å²) in [6, 6.07) is 20.0. The van der Waals surface area contributed by atoms with Gasteiger partial charge in [0.2, 0.25) is 0 Å². The van der Waals surface area contributed by atoms with Gasteiger partial charge in [-0.3, -0.25) is 15.1 Å². The van der Waals surface area contributed by atoms with Crippen molar-refractivity contribution < 1.29 is 9.66 Å². The average molecular weight is 425 g/mol. The topological polar surface area (TPSA) is 64.7 Å². The summed E-state index contributed by atoms with van der Waals surface area (Å²) in [5.41, 5.74) is 3.80. The second kappa shape index (κ2) is 8.60. The molecule has 0 amide bonds. The molecule has 0 saturated heterocycles. The van der Waals surface area contributed by atoms with Crippen LogP contribution in [0.2, 0.25) is 0 Å². The van der Waals surface area contributed by atoms with Gasteiger partial charge in [0.15, 0.2) is 0 Å². The Balaban J connectivity index is 1.75. The first-order chi connectivity index (χ1) is 13.0. The summed E-state index contributed by atoms with van der Waals surface area (Å²) in [7, 11) is 0. The van der Waals surface area contributed by atoms with Gasteiger partial charge in [0, 0.05) is 28.4 Å². The highest BCUT2D eigenvalue weighted by molar-refractivity contribution is 9.10. The Morgan fingerprint density at radius 3 is 2.44 bits per heavy atom. The van der Waals surface area contributed by atoms with E-state index in [1.54, 1.807) is 18.3 Å². The first-order valence-corrected chi connectivity index (χ1v) is 9.07. The van der Waals surface area contributed by atoms with E-state index in [1.807, 2.05) is 49.4 Å². The molecule has 0 atom stereocenters. The Bertz CT molecular complexity index is 968. The molecular formula is C21H17BrN2O3. The molecule has 0 bridgehead atoms. The molecule has 5 nitrogen and oxygen atoms in total. The van der Waals surface area contributed by atoms with Crippen LogP contribution < -0.4 is 4.74 Å². The molecule has 0 aliphatic carbocycles. The fraction of sp³-hybridized carbons (Fsp3) is 0.0952. The zero-order valence-corrected chi connectivity index (χ0v) is 16.2. The minimum absolute atomic E-state index is 0.0633. The predicted octanol–water partition coefficient (Wildman–Crippen LogP) is 6.00. The van der Waals surface area contributed by atoms with Crippen molar-refractivity contribution in [2.24, 2.45) is 4.99 Å². The van der Waals surface area contributed by atoms with Crippen LogP contribution in [0.4, 0.5) is 11.4 Å². The first kappa shape index (κ1) is 18.8. The number of benzene rings is 3. The Morgan fingerprint density at radius 1 is 1.07 bits per heavy atom. The van der Waals surface area contributed by atoms with Crippen molar-refractivity contribution in [3.05, 3.63) is 98.0 Å². The van der Waals surface area contributed by atoms with Gasteiger partial charge in [-0.25, -0.2) is 0 Å². The SMILES string of the molecule is Cc1ccc(N=Cc2cc(Br)ccc2OCc2ccc([N+](=O)[O-])cc2)cc1. The van der Waals surface area contributed by atoms with E-state index in [2.05, 4.69) is 20.9 Å². The van der Waals surface area contributed by atoms with Gasteiger partial charge >= 0.3 is 0 Å². The molecule has 0 saturated carbocycles. The minimum atomic E-state index is -0.418. The molecule has 0 N–H and O–H groups in total. The lowest BCUT2D eigenvalue weighted by Gasteiger charge is -2.10. The number of hydrogen-bond donors (Lipinski definition) is 0. The Kier molecular flexibility index (Phi) is 5.98. The standard InChI is InChI=1S/C21H17BrN2O3/c1-15-2-7-19(8-3-15)23-13-17-12-18(22)6-11-21(17)27-14-16-4-9-20(10-5-16)24(25)26/h2-13H,14H2,1H3. The van der Waals surface area contributed by atoms with Crippen LogP contribution in [0.25, 0.3) is 0 Å². The number of aryl methyl sites for hydroxylation is 1. The molecule has 0 spiro atoms. The van der Waals surface area contributed by atoms with Gasteiger partial charge in [0.1, 0.15) is 12.4 Å². The van der Waals surface area contributed by atoms with Crippen molar-refractivity contribution in [3.8, 4) is 5.75 Å². The second-order valence-corrected chi connectivity index (χ2v) is 6.90. The molecule has 0 aliphatic rings. The van der Waals surface area contributed by atoms with Crippen LogP contribution in [-0.4, -0.2) is 11.1 Å². The molecule has 0 unspecified atom stereocenters. The highest BCUT2D eigenvalue weighted by Gasteiger charge is 2.06. The van der Waals surface area contributed by atoms with Crippen molar-refractivity contribution in [2.75, 3.05) is 0 Å². The Morgan fingerprint density at radius 2 is 1.78 bits per heavy atom. The number of rotatable bonds is 6. The van der Waals surface area contributed by atoms with Crippen molar-refractivity contribution >= 4 is 33.5 Å². The fourth-order valence-corrected chi connectivity index (χ4v) is 2.78. The van der Waals surface area contributed by atoms with Gasteiger partial charge in [0.05, 0.1) is 10.6 Å². The number of nitro benzene ring substituents is 1. The number of non-ortho nitro benzene ring substituents is 1. The van der Waals surface area contributed by atoms with Crippen LogP contribution in [0.3, 0.4) is 0 Å². The maximum absolute atomic E-state index is 10.7. The Labute approximate surface area is 165 Å². The van der Waals surface area contributed by atoms with E-state index in [0.717, 1.165) is 21.3 Å². The average Bonchev–Trinajstić information content (AvgIpc) is 2.67. The number of aliphatic imine (C=N–C) groups is 1. The lowest BCUT2D eigenvalue weighted by Crippen LogP contribution is -1.99. The molecule has 0 heterocycles. The second-order valence-electron chi connectivity index (χ2n) is 5.99. The highest BCUT2D eigenvalue weighted by atomic mass is 79.9. The van der Waals surface area contributed by atoms with Crippen molar-refractivity contribution in [1.29, 1.82) is 0 Å². The molecule has 27 heavy (non-hydrogen) atoms. The predicted molar refractivity (Wildman–Crippen MR) is 110 cm³/mol. The molecule has 3 rings (SSSR count). The van der Waals surface area contributed by atoms with Crippen LogP contribution in [0.15, 0.2) is 76.2 Å². The van der Waals surface area contributed by atoms with Gasteiger partial charge in [-0.05, 0) is 55.0 Å². The summed E-state index contributed by atoms with van der Waals surface area (Å²) in [5.74, 6) is 0.687. The van der Waals surface area contributed by atoms with E-state index in [9.17, 15) is 10.1 Å². The smallest absolute Gasteiger partial charge is 0.269 e. The largest absolute Gasteiger partial charge is 0.488 e. The van der Waals surface area contributed by atoms with E-state index in [-0.39, 0.29) is 5.69 Å². The van der Waals surface area contributed by atoms with Crippen molar-refractivity contribution in [3.63, 3.8) is 0 Å². The summed E-state index contributed by atoms with van der Waals surface area (Å²) in [6.07, 6.45) is 1.76. The molecule has 3 aromatic rings. The maximum atomic E-state index is 10.7. The molecule has 3 aromatic carbocycles. The van der Waals surface area contributed by atoms with E-state index in [1.165, 1.54) is 17.7 Å². The third-order valence-corrected chi connectivity index (χ3v) is 4.39. The van der Waals surface area contributed by atoms with Crippen LogP contribution in [0.1, 0.15) is 16.7 Å². The van der Waals surface area contributed by atoms with Crippen molar-refractivity contribution in [2.45, 2.75) is 13.5 Å². The van der Waals surface area contributed by atoms with Gasteiger partial charge in [-0.2, -0.15) is 0 Å². The van der Waals surface area contributed by atoms with E-state index in [0.29, 0.717) is 12.4 Å². The lowest BCUT2D eigenvalue weighted by atomic mass is 10.2. The molecule has 0 aliphatic heterocycles. The fourth-order valence-electron chi connectivity index (χ4n) is 2.40. The molecule has 6 heteroatoms. The zero-order chi connectivity index (χ0) is 19.2. The normalized spacial score (nSPS) is 10.9. The molecule has 0 fully saturated rings. The molecule has 0 aromatic heterocycles. The highest BCUT2D eigenvalue weighted by Crippen LogP contribution is 2.24. The van der Waals surface area contributed by atoms with Gasteiger partial charge in [-0.1, -0.05) is 33.6 Å². The van der Waals surface area contributed by atoms with Crippen LogP contribution in [-0.2, 0) is 6.61 Å². The third kappa shape index (κ3) is 5.24. The van der Waals surface area contributed by atoms with Crippen molar-refractivity contribution in [1.82, 2.24) is 0 Å². The number of ether oxygens (including phenoxy) is 1. The van der Waals surface area contributed by atoms with Crippen LogP contribution in [0.5, 0.6) is 5.75 Å². The summed E-state index contributed by atoms with van der Waals surface area (Å²) in [5, 5.41) is 10.7. The molecule has 0 radical (unpaired) electrons. The summed E-state index contributed by atoms with van der Waals surface area (Å²) < 4.78 is 6.83. The maximum Gasteiger partial charge on any atom is 0.269 e. The number of nitrogens with zero attached hydrogens (tertiary/aromatic N) is 2. The zero-order valence-electron chi connectivity index (χ0n) is 14.6. The van der Waals surface area contributed by atoms with Crippen LogP contribution >= 0.6 is 15.9 Å². The molecule has 136 valence electrons. The number of nitro groups is 1. The van der Waals surface area contributed by atoms with E-state index >= 15 is 0 Å². The minimum Gasteiger partial charge on any atom is -0.488 e. The number of halogens is 1. The Hall–Kier alpha value is -2.99. The van der Waals surface area contributed by atoms with Gasteiger partial charge < -0.3 is 4.74 Å². The van der Waals surface area contributed by atoms with E-state index in [4.69, 9.17) is 4.74 Å². The van der Waals surface area contributed by atoms with Crippen LogP contribution in [0, 0.1) is 17.0 Å². The monoisotopic (exact) mass is 424 g/mol. The van der Waals surface area contributed by atoms with Gasteiger partial charge in [-0.15, -0.1) is 0 Å². The molecular weight excluding hydrogens is 408 g/mol.